The van der Waals surface area contributed by atoms with Crippen molar-refractivity contribution in [3.05, 3.63) is 77.5 Å². The molecule has 31 heavy (non-hydrogen) atoms. The molecule has 1 amide bonds. The number of pyridine rings is 1. The fraction of sp³-hybridized carbons (Fsp3) is 0.385. The Labute approximate surface area is 184 Å². The van der Waals surface area contributed by atoms with E-state index in [4.69, 9.17) is 0 Å². The summed E-state index contributed by atoms with van der Waals surface area (Å²) in [7, 11) is 0. The molecule has 0 aliphatic carbocycles. The number of fused-ring (bicyclic) bond motifs is 1. The normalized spacial score (nSPS) is 18.0. The second-order valence-corrected chi connectivity index (χ2v) is 8.74. The van der Waals surface area contributed by atoms with E-state index in [9.17, 15) is 4.79 Å². The zero-order valence-corrected chi connectivity index (χ0v) is 18.0. The smallest absolute Gasteiger partial charge is 0.253 e. The van der Waals surface area contributed by atoms with Gasteiger partial charge in [0.25, 0.3) is 5.91 Å². The van der Waals surface area contributed by atoms with E-state index in [1.165, 1.54) is 42.4 Å². The Morgan fingerprint density at radius 3 is 2.39 bits per heavy atom. The molecule has 5 rings (SSSR count). The predicted molar refractivity (Wildman–Crippen MR) is 124 cm³/mol. The maximum Gasteiger partial charge on any atom is 0.253 e. The highest BCUT2D eigenvalue weighted by atomic mass is 16.2. The summed E-state index contributed by atoms with van der Waals surface area (Å²) in [5, 5.41) is 1.18. The number of rotatable bonds is 5. The molecule has 2 aromatic carbocycles. The lowest BCUT2D eigenvalue weighted by atomic mass is 10.1. The molecule has 5 nitrogen and oxygen atoms in total. The van der Waals surface area contributed by atoms with Gasteiger partial charge < -0.3 is 4.90 Å². The molecule has 1 aromatic heterocycles. The molecule has 0 atom stereocenters. The third-order valence-corrected chi connectivity index (χ3v) is 6.55. The van der Waals surface area contributed by atoms with Crippen molar-refractivity contribution in [1.82, 2.24) is 19.7 Å². The Morgan fingerprint density at radius 1 is 0.806 bits per heavy atom. The van der Waals surface area contributed by atoms with Crippen LogP contribution in [0.5, 0.6) is 0 Å². The quantitative estimate of drug-likeness (QED) is 0.637. The number of likely N-dealkylation sites (tertiary alicyclic amines) is 1. The Kier molecular flexibility index (Phi) is 5.96. The Balaban J connectivity index is 1.20. The van der Waals surface area contributed by atoms with Crippen LogP contribution < -0.4 is 0 Å². The Bertz CT molecular complexity index is 1050. The Hall–Kier alpha value is -2.76. The SMILES string of the molecule is O=C(c1cccc(CN2CCCC2)c1)N1CCN(Cc2cccc3cccnc23)CC1. The van der Waals surface area contributed by atoms with Crippen LogP contribution >= 0.6 is 0 Å². The van der Waals surface area contributed by atoms with E-state index in [1.54, 1.807) is 0 Å². The number of para-hydroxylation sites is 1. The molecular formula is C26H30N4O. The first-order chi connectivity index (χ1) is 15.3. The summed E-state index contributed by atoms with van der Waals surface area (Å²) >= 11 is 0. The van der Waals surface area contributed by atoms with Gasteiger partial charge in [-0.25, -0.2) is 0 Å². The van der Waals surface area contributed by atoms with Crippen molar-refractivity contribution in [2.45, 2.75) is 25.9 Å². The lowest BCUT2D eigenvalue weighted by molar-refractivity contribution is 0.0628. The third kappa shape index (κ3) is 4.63. The number of aromatic nitrogens is 1. The van der Waals surface area contributed by atoms with Gasteiger partial charge in [-0.1, -0.05) is 36.4 Å². The molecule has 0 spiro atoms. The standard InChI is InChI=1S/C26H30N4O/c31-26(23-8-3-6-21(18-23)19-28-12-1-2-13-28)30-16-14-29(15-17-30)20-24-9-4-7-22-10-5-11-27-25(22)24/h3-11,18H,1-2,12-17,19-20H2. The zero-order valence-electron chi connectivity index (χ0n) is 18.0. The van der Waals surface area contributed by atoms with Gasteiger partial charge >= 0.3 is 0 Å². The van der Waals surface area contributed by atoms with E-state index in [0.717, 1.165) is 50.3 Å². The highest BCUT2D eigenvalue weighted by Gasteiger charge is 2.23. The molecule has 0 N–H and O–H groups in total. The van der Waals surface area contributed by atoms with Crippen LogP contribution in [0.2, 0.25) is 0 Å². The van der Waals surface area contributed by atoms with Crippen LogP contribution in [0.1, 0.15) is 34.3 Å². The maximum atomic E-state index is 13.1. The number of carbonyl (C=O) groups is 1. The molecule has 2 saturated heterocycles. The minimum Gasteiger partial charge on any atom is -0.336 e. The van der Waals surface area contributed by atoms with Crippen molar-refractivity contribution in [3.63, 3.8) is 0 Å². The average Bonchev–Trinajstić information content (AvgIpc) is 3.33. The first-order valence-corrected chi connectivity index (χ1v) is 11.4. The van der Waals surface area contributed by atoms with Crippen molar-refractivity contribution < 1.29 is 4.79 Å². The van der Waals surface area contributed by atoms with Gasteiger partial charge in [-0.05, 0) is 55.3 Å². The summed E-state index contributed by atoms with van der Waals surface area (Å²) in [6.45, 7) is 7.50. The molecule has 3 aromatic rings. The summed E-state index contributed by atoms with van der Waals surface area (Å²) in [5.74, 6) is 0.162. The molecule has 0 unspecified atom stereocenters. The molecule has 3 heterocycles. The summed E-state index contributed by atoms with van der Waals surface area (Å²) < 4.78 is 0. The van der Waals surface area contributed by atoms with Crippen LogP contribution in [-0.2, 0) is 13.1 Å². The lowest BCUT2D eigenvalue weighted by Crippen LogP contribution is -2.48. The summed E-state index contributed by atoms with van der Waals surface area (Å²) in [6, 6.07) is 18.7. The van der Waals surface area contributed by atoms with Gasteiger partial charge in [0.1, 0.15) is 0 Å². The van der Waals surface area contributed by atoms with Crippen LogP contribution in [0.15, 0.2) is 60.8 Å². The van der Waals surface area contributed by atoms with E-state index in [-0.39, 0.29) is 5.91 Å². The van der Waals surface area contributed by atoms with Gasteiger partial charge in [0.05, 0.1) is 5.52 Å². The first-order valence-electron chi connectivity index (χ1n) is 11.4. The van der Waals surface area contributed by atoms with E-state index in [0.29, 0.717) is 0 Å². The van der Waals surface area contributed by atoms with Gasteiger partial charge in [-0.2, -0.15) is 0 Å². The van der Waals surface area contributed by atoms with Gasteiger partial charge in [0, 0.05) is 56.4 Å². The number of piperazine rings is 1. The van der Waals surface area contributed by atoms with Crippen molar-refractivity contribution in [2.24, 2.45) is 0 Å². The van der Waals surface area contributed by atoms with Crippen LogP contribution in [0, 0.1) is 0 Å². The Morgan fingerprint density at radius 2 is 1.55 bits per heavy atom. The predicted octanol–water partition coefficient (Wildman–Crippen LogP) is 3.79. The topological polar surface area (TPSA) is 39.7 Å². The molecule has 0 saturated carbocycles. The molecule has 2 fully saturated rings. The number of benzene rings is 2. The van der Waals surface area contributed by atoms with Gasteiger partial charge in [-0.3, -0.25) is 19.6 Å². The molecule has 2 aliphatic heterocycles. The largest absolute Gasteiger partial charge is 0.336 e. The van der Waals surface area contributed by atoms with Crippen molar-refractivity contribution in [1.29, 1.82) is 0 Å². The fourth-order valence-electron chi connectivity index (χ4n) is 4.83. The molecule has 160 valence electrons. The van der Waals surface area contributed by atoms with E-state index in [2.05, 4.69) is 51.2 Å². The number of hydrogen-bond acceptors (Lipinski definition) is 4. The van der Waals surface area contributed by atoms with Gasteiger partial charge in [-0.15, -0.1) is 0 Å². The summed E-state index contributed by atoms with van der Waals surface area (Å²) in [6.07, 6.45) is 4.44. The minimum absolute atomic E-state index is 0.162. The number of nitrogens with zero attached hydrogens (tertiary/aromatic N) is 4. The van der Waals surface area contributed by atoms with Crippen LogP contribution in [0.3, 0.4) is 0 Å². The fourth-order valence-corrected chi connectivity index (χ4v) is 4.83. The number of amides is 1. The lowest BCUT2D eigenvalue weighted by Gasteiger charge is -2.35. The molecule has 5 heteroatoms. The summed E-state index contributed by atoms with van der Waals surface area (Å²) in [4.78, 5) is 24.6. The third-order valence-electron chi connectivity index (χ3n) is 6.55. The number of hydrogen-bond donors (Lipinski definition) is 0. The second-order valence-electron chi connectivity index (χ2n) is 8.74. The van der Waals surface area contributed by atoms with E-state index in [1.807, 2.05) is 29.3 Å². The average molecular weight is 415 g/mol. The molecule has 0 bridgehead atoms. The van der Waals surface area contributed by atoms with E-state index >= 15 is 0 Å². The molecular weight excluding hydrogens is 384 g/mol. The summed E-state index contributed by atoms with van der Waals surface area (Å²) in [5.41, 5.74) is 4.41. The molecule has 0 radical (unpaired) electrons. The highest BCUT2D eigenvalue weighted by Crippen LogP contribution is 2.19. The molecule has 2 aliphatic rings. The maximum absolute atomic E-state index is 13.1. The van der Waals surface area contributed by atoms with Crippen molar-refractivity contribution in [3.8, 4) is 0 Å². The van der Waals surface area contributed by atoms with Crippen LogP contribution in [-0.4, -0.2) is 64.9 Å². The van der Waals surface area contributed by atoms with Gasteiger partial charge in [0.2, 0.25) is 0 Å². The van der Waals surface area contributed by atoms with Crippen LogP contribution in [0.4, 0.5) is 0 Å². The number of carbonyl (C=O) groups excluding carboxylic acids is 1. The second kappa shape index (κ2) is 9.16. The minimum atomic E-state index is 0.162. The zero-order chi connectivity index (χ0) is 21.0. The van der Waals surface area contributed by atoms with Crippen molar-refractivity contribution >= 4 is 16.8 Å². The van der Waals surface area contributed by atoms with E-state index < -0.39 is 0 Å². The first kappa shape index (κ1) is 20.2. The van der Waals surface area contributed by atoms with Crippen molar-refractivity contribution in [2.75, 3.05) is 39.3 Å². The highest BCUT2D eigenvalue weighted by molar-refractivity contribution is 5.94. The van der Waals surface area contributed by atoms with Gasteiger partial charge in [0.15, 0.2) is 0 Å². The monoisotopic (exact) mass is 414 g/mol. The van der Waals surface area contributed by atoms with Crippen LogP contribution in [0.25, 0.3) is 10.9 Å².